The molecule has 0 aliphatic rings. The molecule has 0 radical (unpaired) electrons. The van der Waals surface area contributed by atoms with E-state index in [0.29, 0.717) is 5.41 Å². The molecule has 2 heteroatoms. The van der Waals surface area contributed by atoms with Crippen LogP contribution in [0.25, 0.3) is 0 Å². The van der Waals surface area contributed by atoms with Crippen LogP contribution in [0.1, 0.15) is 40.0 Å². The third-order valence-electron chi connectivity index (χ3n) is 3.98. The van der Waals surface area contributed by atoms with Crippen molar-refractivity contribution in [1.29, 1.82) is 0 Å². The first kappa shape index (κ1) is 16.0. The van der Waals surface area contributed by atoms with E-state index >= 15 is 0 Å². The summed E-state index contributed by atoms with van der Waals surface area (Å²) in [5.74, 6) is 0.724. The van der Waals surface area contributed by atoms with Gasteiger partial charge in [-0.3, -0.25) is 0 Å². The van der Waals surface area contributed by atoms with Crippen molar-refractivity contribution in [3.8, 4) is 0 Å². The fraction of sp³-hybridized carbons (Fsp3) is 0.647. The van der Waals surface area contributed by atoms with Gasteiger partial charge < -0.3 is 10.6 Å². The molecule has 0 fully saturated rings. The van der Waals surface area contributed by atoms with Gasteiger partial charge in [0.2, 0.25) is 0 Å². The molecule has 0 bridgehead atoms. The van der Waals surface area contributed by atoms with Crippen molar-refractivity contribution in [2.45, 2.75) is 40.0 Å². The fourth-order valence-corrected chi connectivity index (χ4v) is 2.60. The molecule has 1 atom stereocenters. The lowest BCUT2D eigenvalue weighted by molar-refractivity contribution is 0.211. The van der Waals surface area contributed by atoms with Crippen molar-refractivity contribution in [2.24, 2.45) is 17.1 Å². The van der Waals surface area contributed by atoms with Gasteiger partial charge in [-0.15, -0.1) is 0 Å². The minimum Gasteiger partial charge on any atom is -0.375 e. The summed E-state index contributed by atoms with van der Waals surface area (Å²) in [4.78, 5) is 2.34. The summed E-state index contributed by atoms with van der Waals surface area (Å²) in [7, 11) is 2.17. The molecule has 2 N–H and O–H groups in total. The molecule has 0 spiro atoms. The topological polar surface area (TPSA) is 29.3 Å². The van der Waals surface area contributed by atoms with Crippen molar-refractivity contribution < 1.29 is 0 Å². The lowest BCUT2D eigenvalue weighted by Crippen LogP contribution is -2.25. The summed E-state index contributed by atoms with van der Waals surface area (Å²) >= 11 is 0. The average molecular weight is 262 g/mol. The zero-order chi connectivity index (χ0) is 14.3. The van der Waals surface area contributed by atoms with Gasteiger partial charge in [0.25, 0.3) is 0 Å². The van der Waals surface area contributed by atoms with Gasteiger partial charge in [0.1, 0.15) is 0 Å². The van der Waals surface area contributed by atoms with E-state index in [4.69, 9.17) is 5.73 Å². The molecule has 0 saturated heterocycles. The van der Waals surface area contributed by atoms with Crippen LogP contribution in [0.15, 0.2) is 30.3 Å². The van der Waals surface area contributed by atoms with Crippen LogP contribution in [0.2, 0.25) is 0 Å². The van der Waals surface area contributed by atoms with Crippen LogP contribution < -0.4 is 10.6 Å². The molecular weight excluding hydrogens is 232 g/mol. The third-order valence-corrected chi connectivity index (χ3v) is 3.98. The van der Waals surface area contributed by atoms with E-state index in [1.54, 1.807) is 0 Å². The lowest BCUT2D eigenvalue weighted by atomic mass is 9.76. The molecule has 0 aromatic heterocycles. The maximum Gasteiger partial charge on any atom is 0.0363 e. The predicted octanol–water partition coefficient (Wildman–Crippen LogP) is 3.91. The maximum absolute atomic E-state index is 5.74. The minimum atomic E-state index is 0.366. The highest BCUT2D eigenvalue weighted by molar-refractivity contribution is 5.44. The predicted molar refractivity (Wildman–Crippen MR) is 85.6 cm³/mol. The Balaban J connectivity index is 2.40. The van der Waals surface area contributed by atoms with E-state index in [9.17, 15) is 0 Å². The van der Waals surface area contributed by atoms with Crippen molar-refractivity contribution in [2.75, 3.05) is 25.0 Å². The van der Waals surface area contributed by atoms with E-state index in [1.165, 1.54) is 18.5 Å². The van der Waals surface area contributed by atoms with Crippen molar-refractivity contribution >= 4 is 5.69 Å². The van der Waals surface area contributed by atoms with E-state index in [-0.39, 0.29) is 0 Å². The Morgan fingerprint density at radius 3 is 2.26 bits per heavy atom. The number of hydrogen-bond donors (Lipinski definition) is 1. The van der Waals surface area contributed by atoms with Crippen LogP contribution in [0.4, 0.5) is 5.69 Å². The summed E-state index contributed by atoms with van der Waals surface area (Å²) in [6, 6.07) is 10.6. The Bertz CT molecular complexity index is 340. The van der Waals surface area contributed by atoms with Gasteiger partial charge in [0, 0.05) is 19.3 Å². The Morgan fingerprint density at radius 2 is 1.74 bits per heavy atom. The van der Waals surface area contributed by atoms with Gasteiger partial charge in [-0.1, -0.05) is 39.0 Å². The lowest BCUT2D eigenvalue weighted by Gasteiger charge is -2.31. The molecule has 1 aromatic rings. The highest BCUT2D eigenvalue weighted by Crippen LogP contribution is 2.32. The number of rotatable bonds is 7. The Kier molecular flexibility index (Phi) is 6.36. The summed E-state index contributed by atoms with van der Waals surface area (Å²) < 4.78 is 0. The molecule has 0 aliphatic carbocycles. The van der Waals surface area contributed by atoms with E-state index in [1.807, 2.05) is 0 Å². The molecule has 0 heterocycles. The fourth-order valence-electron chi connectivity index (χ4n) is 2.60. The van der Waals surface area contributed by atoms with Crippen LogP contribution in [-0.4, -0.2) is 20.1 Å². The van der Waals surface area contributed by atoms with Crippen LogP contribution in [0.3, 0.4) is 0 Å². The molecule has 0 amide bonds. The minimum absolute atomic E-state index is 0.366. The highest BCUT2D eigenvalue weighted by Gasteiger charge is 2.23. The van der Waals surface area contributed by atoms with E-state index < -0.39 is 0 Å². The number of benzene rings is 1. The number of nitrogens with zero attached hydrogens (tertiary/aromatic N) is 1. The van der Waals surface area contributed by atoms with Crippen LogP contribution in [0.5, 0.6) is 0 Å². The first-order chi connectivity index (χ1) is 8.95. The molecule has 1 unspecified atom stereocenters. The first-order valence-corrected chi connectivity index (χ1v) is 7.41. The number of hydrogen-bond acceptors (Lipinski definition) is 2. The van der Waals surface area contributed by atoms with Gasteiger partial charge in [0.15, 0.2) is 0 Å². The molecule has 108 valence electrons. The van der Waals surface area contributed by atoms with Crippen LogP contribution in [-0.2, 0) is 0 Å². The maximum atomic E-state index is 5.74. The highest BCUT2D eigenvalue weighted by atomic mass is 15.1. The number of para-hydroxylation sites is 1. The van der Waals surface area contributed by atoms with Crippen LogP contribution in [0, 0.1) is 11.3 Å². The third kappa shape index (κ3) is 5.65. The normalized spacial score (nSPS) is 13.3. The van der Waals surface area contributed by atoms with E-state index in [0.717, 1.165) is 25.4 Å². The second-order valence-electron chi connectivity index (χ2n) is 6.54. The van der Waals surface area contributed by atoms with Crippen molar-refractivity contribution in [3.63, 3.8) is 0 Å². The van der Waals surface area contributed by atoms with Gasteiger partial charge >= 0.3 is 0 Å². The van der Waals surface area contributed by atoms with Gasteiger partial charge in [0.05, 0.1) is 0 Å². The summed E-state index contributed by atoms with van der Waals surface area (Å²) in [5, 5.41) is 0. The Labute approximate surface area is 119 Å². The summed E-state index contributed by atoms with van der Waals surface area (Å²) in [5.41, 5.74) is 7.40. The molecular formula is C17H30N2. The molecule has 2 nitrogen and oxygen atoms in total. The van der Waals surface area contributed by atoms with Gasteiger partial charge in [-0.05, 0) is 49.3 Å². The SMILES string of the molecule is CN(CCCC(CCN)C(C)(C)C)c1ccccc1. The van der Waals surface area contributed by atoms with Crippen LogP contribution >= 0.6 is 0 Å². The Morgan fingerprint density at radius 1 is 1.11 bits per heavy atom. The Hall–Kier alpha value is -1.02. The zero-order valence-corrected chi connectivity index (χ0v) is 13.0. The molecule has 0 saturated carbocycles. The van der Waals surface area contributed by atoms with Gasteiger partial charge in [-0.2, -0.15) is 0 Å². The average Bonchev–Trinajstić information content (AvgIpc) is 2.37. The monoisotopic (exact) mass is 262 g/mol. The second-order valence-corrected chi connectivity index (χ2v) is 6.54. The first-order valence-electron chi connectivity index (χ1n) is 7.41. The largest absolute Gasteiger partial charge is 0.375 e. The van der Waals surface area contributed by atoms with Crippen molar-refractivity contribution in [3.05, 3.63) is 30.3 Å². The molecule has 19 heavy (non-hydrogen) atoms. The molecule has 1 rings (SSSR count). The second kappa shape index (κ2) is 7.54. The number of nitrogens with two attached hydrogens (primary N) is 1. The van der Waals surface area contributed by atoms with Crippen molar-refractivity contribution in [1.82, 2.24) is 0 Å². The molecule has 0 aliphatic heterocycles. The quantitative estimate of drug-likeness (QED) is 0.807. The zero-order valence-electron chi connectivity index (χ0n) is 13.0. The summed E-state index contributed by atoms with van der Waals surface area (Å²) in [6.45, 7) is 8.90. The molecule has 1 aromatic carbocycles. The summed E-state index contributed by atoms with van der Waals surface area (Å²) in [6.07, 6.45) is 3.63. The van der Waals surface area contributed by atoms with E-state index in [2.05, 4.69) is 63.1 Å². The number of anilines is 1. The van der Waals surface area contributed by atoms with Gasteiger partial charge in [-0.25, -0.2) is 0 Å². The standard InChI is InChI=1S/C17H30N2/c1-17(2,3)15(12-13-18)9-8-14-19(4)16-10-6-5-7-11-16/h5-7,10-11,15H,8-9,12-14,18H2,1-4H3. The smallest absolute Gasteiger partial charge is 0.0363 e.